The molecule has 1 aromatic heterocycles. The Labute approximate surface area is 343 Å². The molecular weight excluding hydrogens is 731 g/mol. The smallest absolute Gasteiger partial charge is 0.131 e. The van der Waals surface area contributed by atoms with Crippen LogP contribution in [-0.4, -0.2) is 23.0 Å². The van der Waals surface area contributed by atoms with Crippen LogP contribution in [0.2, 0.25) is 0 Å². The van der Waals surface area contributed by atoms with Crippen molar-refractivity contribution in [1.82, 2.24) is 8.75 Å². The van der Waals surface area contributed by atoms with Crippen LogP contribution in [0.1, 0.15) is 103 Å². The number of nitrogens with zero attached hydrogens (tertiary/aromatic N) is 2. The van der Waals surface area contributed by atoms with Gasteiger partial charge in [-0.15, -0.1) is 0 Å². The molecule has 1 heterocycles. The molecule has 4 nitrogen and oxygen atoms in total. The number of benzene rings is 5. The number of methoxy groups -OCH3 is 2. The SMILES string of the molecule is CCCCC(CC)CCc1ccc(-c2ccc(-c3ccc(-c4ccc(-c5ccc(CCC(CC)CCCC)cc5F)cc4OC)c4nsnc34)c(OC)c2)c(F)c1. The molecular formula is C50H58F2N2O2S. The highest BCUT2D eigenvalue weighted by Crippen LogP contribution is 2.43. The standard InChI is InChI=1S/C50H58F2N2O2S/c1-7-11-13-33(9-3)15-17-35-19-23-39(45(51)29-35)37-21-25-41(47(31-37)55-5)43-27-28-44(50-49(43)53-57-54-50)42-26-22-38(32-48(42)56-6)40-24-20-36(30-46(40)52)18-16-34(10-4)14-12-8-2/h19-34H,7-18H2,1-6H3. The van der Waals surface area contributed by atoms with Gasteiger partial charge in [-0.1, -0.05) is 128 Å². The lowest BCUT2D eigenvalue weighted by Gasteiger charge is -2.16. The van der Waals surface area contributed by atoms with Crippen LogP contribution in [-0.2, 0) is 12.8 Å². The van der Waals surface area contributed by atoms with Gasteiger partial charge in [0, 0.05) is 33.4 Å². The van der Waals surface area contributed by atoms with Gasteiger partial charge in [-0.25, -0.2) is 8.78 Å². The largest absolute Gasteiger partial charge is 0.496 e. The monoisotopic (exact) mass is 788 g/mol. The first-order chi connectivity index (χ1) is 27.8. The normalized spacial score (nSPS) is 12.6. The summed E-state index contributed by atoms with van der Waals surface area (Å²) >= 11 is 1.14. The zero-order chi connectivity index (χ0) is 40.3. The van der Waals surface area contributed by atoms with E-state index in [4.69, 9.17) is 18.2 Å². The van der Waals surface area contributed by atoms with Crippen molar-refractivity contribution in [3.63, 3.8) is 0 Å². The summed E-state index contributed by atoms with van der Waals surface area (Å²) in [6, 6.07) is 26.9. The molecule has 0 saturated heterocycles. The van der Waals surface area contributed by atoms with Crippen molar-refractivity contribution < 1.29 is 18.3 Å². The summed E-state index contributed by atoms with van der Waals surface area (Å²) < 4.78 is 52.5. The minimum atomic E-state index is -0.225. The first kappa shape index (κ1) is 42.0. The van der Waals surface area contributed by atoms with Gasteiger partial charge in [-0.3, -0.25) is 0 Å². The highest BCUT2D eigenvalue weighted by Gasteiger charge is 2.20. The van der Waals surface area contributed by atoms with E-state index >= 15 is 8.78 Å². The Kier molecular flexibility index (Phi) is 14.9. The maximum absolute atomic E-state index is 15.6. The number of hydrogen-bond acceptors (Lipinski definition) is 5. The second kappa shape index (κ2) is 20.2. The summed E-state index contributed by atoms with van der Waals surface area (Å²) in [5.74, 6) is 2.16. The molecule has 57 heavy (non-hydrogen) atoms. The molecule has 0 fully saturated rings. The molecule has 0 N–H and O–H groups in total. The lowest BCUT2D eigenvalue weighted by Crippen LogP contribution is -2.01. The predicted octanol–water partition coefficient (Wildman–Crippen LogP) is 15.0. The molecule has 7 heteroatoms. The van der Waals surface area contributed by atoms with Crippen LogP contribution < -0.4 is 9.47 Å². The highest BCUT2D eigenvalue weighted by molar-refractivity contribution is 7.00. The van der Waals surface area contributed by atoms with Crippen LogP contribution in [0.5, 0.6) is 11.5 Å². The van der Waals surface area contributed by atoms with Gasteiger partial charge in [0.2, 0.25) is 0 Å². The third-order valence-corrected chi connectivity index (χ3v) is 12.4. The van der Waals surface area contributed by atoms with Gasteiger partial charge < -0.3 is 9.47 Å². The van der Waals surface area contributed by atoms with E-state index in [0.29, 0.717) is 34.5 Å². The molecule has 6 rings (SSSR count). The zero-order valence-corrected chi connectivity index (χ0v) is 35.4. The molecule has 0 saturated carbocycles. The lowest BCUT2D eigenvalue weighted by atomic mass is 9.91. The summed E-state index contributed by atoms with van der Waals surface area (Å²) in [5, 5.41) is 0. The molecule has 6 aromatic rings. The predicted molar refractivity (Wildman–Crippen MR) is 235 cm³/mol. The van der Waals surface area contributed by atoms with Crippen LogP contribution >= 0.6 is 11.7 Å². The van der Waals surface area contributed by atoms with Gasteiger partial charge >= 0.3 is 0 Å². The van der Waals surface area contributed by atoms with Gasteiger partial charge in [0.15, 0.2) is 0 Å². The Morgan fingerprint density at radius 2 is 0.912 bits per heavy atom. The summed E-state index contributed by atoms with van der Waals surface area (Å²) in [4.78, 5) is 0. The molecule has 2 atom stereocenters. The first-order valence-corrected chi connectivity index (χ1v) is 21.7. The zero-order valence-electron chi connectivity index (χ0n) is 34.6. The number of aryl methyl sites for hydroxylation is 2. The van der Waals surface area contributed by atoms with E-state index in [-0.39, 0.29) is 11.6 Å². The van der Waals surface area contributed by atoms with Crippen molar-refractivity contribution >= 4 is 22.8 Å². The van der Waals surface area contributed by atoms with Gasteiger partial charge in [0.05, 0.1) is 25.9 Å². The van der Waals surface area contributed by atoms with Crippen LogP contribution in [0.3, 0.4) is 0 Å². The molecule has 0 spiro atoms. The van der Waals surface area contributed by atoms with E-state index in [9.17, 15) is 0 Å². The second-order valence-electron chi connectivity index (χ2n) is 15.5. The van der Waals surface area contributed by atoms with Crippen molar-refractivity contribution in [2.75, 3.05) is 14.2 Å². The van der Waals surface area contributed by atoms with Crippen LogP contribution in [0.15, 0.2) is 84.9 Å². The average molecular weight is 789 g/mol. The van der Waals surface area contributed by atoms with E-state index in [1.54, 1.807) is 26.4 Å². The topological polar surface area (TPSA) is 44.2 Å². The van der Waals surface area contributed by atoms with E-state index < -0.39 is 0 Å². The van der Waals surface area contributed by atoms with Crippen LogP contribution in [0.4, 0.5) is 8.78 Å². The van der Waals surface area contributed by atoms with Crippen LogP contribution in [0, 0.1) is 23.5 Å². The Balaban J connectivity index is 1.23. The van der Waals surface area contributed by atoms with E-state index in [1.807, 2.05) is 60.7 Å². The third kappa shape index (κ3) is 9.92. The quantitative estimate of drug-likeness (QED) is 0.0773. The number of ether oxygens (including phenoxy) is 2. The maximum Gasteiger partial charge on any atom is 0.131 e. The fourth-order valence-corrected chi connectivity index (χ4v) is 8.77. The summed E-state index contributed by atoms with van der Waals surface area (Å²) in [6.07, 6.45) is 13.7. The summed E-state index contributed by atoms with van der Waals surface area (Å²) in [6.45, 7) is 8.97. The van der Waals surface area contributed by atoms with Gasteiger partial charge in [-0.2, -0.15) is 8.75 Å². The van der Waals surface area contributed by atoms with E-state index in [1.165, 1.54) is 38.5 Å². The molecule has 300 valence electrons. The van der Waals surface area contributed by atoms with Gasteiger partial charge in [0.25, 0.3) is 0 Å². The van der Waals surface area contributed by atoms with Crippen molar-refractivity contribution in [3.8, 4) is 56.0 Å². The summed E-state index contributed by atoms with van der Waals surface area (Å²) in [5.41, 5.74) is 9.55. The fourth-order valence-electron chi connectivity index (χ4n) is 8.19. The molecule has 0 radical (unpaired) electrons. The average Bonchev–Trinajstić information content (AvgIpc) is 3.74. The van der Waals surface area contributed by atoms with E-state index in [2.05, 4.69) is 39.8 Å². The highest BCUT2D eigenvalue weighted by atomic mass is 32.1. The molecule has 0 bridgehead atoms. The first-order valence-electron chi connectivity index (χ1n) is 21.0. The Hall–Kier alpha value is -4.62. The minimum Gasteiger partial charge on any atom is -0.496 e. The van der Waals surface area contributed by atoms with E-state index in [0.717, 1.165) is 106 Å². The van der Waals surface area contributed by atoms with Crippen molar-refractivity contribution in [1.29, 1.82) is 0 Å². The Morgan fingerprint density at radius 3 is 1.28 bits per heavy atom. The molecule has 0 aliphatic heterocycles. The number of hydrogen-bond donors (Lipinski definition) is 0. The number of aromatic nitrogens is 2. The summed E-state index contributed by atoms with van der Waals surface area (Å²) in [7, 11) is 3.27. The number of rotatable bonds is 20. The molecule has 5 aromatic carbocycles. The van der Waals surface area contributed by atoms with Gasteiger partial charge in [-0.05, 0) is 96.2 Å². The lowest BCUT2D eigenvalue weighted by molar-refractivity contribution is 0.416. The molecule has 2 unspecified atom stereocenters. The number of unbranched alkanes of at least 4 members (excludes halogenated alkanes) is 2. The van der Waals surface area contributed by atoms with Crippen molar-refractivity contribution in [3.05, 3.63) is 108 Å². The molecule has 0 aliphatic rings. The fraction of sp³-hybridized carbons (Fsp3) is 0.400. The van der Waals surface area contributed by atoms with Gasteiger partial charge in [0.1, 0.15) is 34.2 Å². The molecule has 0 aliphatic carbocycles. The Morgan fingerprint density at radius 1 is 0.509 bits per heavy atom. The van der Waals surface area contributed by atoms with Crippen molar-refractivity contribution in [2.24, 2.45) is 11.8 Å². The van der Waals surface area contributed by atoms with Crippen LogP contribution in [0.25, 0.3) is 55.5 Å². The maximum atomic E-state index is 15.6. The van der Waals surface area contributed by atoms with Crippen molar-refractivity contribution in [2.45, 2.75) is 105 Å². The molecule has 0 amide bonds. The minimum absolute atomic E-state index is 0.225. The number of fused-ring (bicyclic) bond motifs is 1. The Bertz CT molecular complexity index is 2090. The third-order valence-electron chi connectivity index (χ3n) is 11.9. The number of halogens is 2. The second-order valence-corrected chi connectivity index (χ2v) is 16.0.